The van der Waals surface area contributed by atoms with Gasteiger partial charge in [0.15, 0.2) is 5.15 Å². The quantitative estimate of drug-likeness (QED) is 0.839. The maximum absolute atomic E-state index is 11.8. The van der Waals surface area contributed by atoms with Gasteiger partial charge in [0, 0.05) is 13.1 Å². The fourth-order valence-corrected chi connectivity index (χ4v) is 2.60. The first-order chi connectivity index (χ1) is 9.65. The van der Waals surface area contributed by atoms with Gasteiger partial charge in [0.1, 0.15) is 10.8 Å². The lowest BCUT2D eigenvalue weighted by Crippen LogP contribution is -2.58. The van der Waals surface area contributed by atoms with Crippen LogP contribution in [0.5, 0.6) is 0 Å². The van der Waals surface area contributed by atoms with Crippen LogP contribution in [-0.2, 0) is 4.74 Å². The first-order valence-electron chi connectivity index (χ1n) is 6.73. The Morgan fingerprint density at radius 2 is 2.05 bits per heavy atom. The third-order valence-electron chi connectivity index (χ3n) is 3.02. The van der Waals surface area contributed by atoms with Gasteiger partial charge >= 0.3 is 6.09 Å². The van der Waals surface area contributed by atoms with E-state index in [0.29, 0.717) is 23.4 Å². The summed E-state index contributed by atoms with van der Waals surface area (Å²) in [5, 5.41) is 4.00. The highest BCUT2D eigenvalue weighted by Crippen LogP contribution is 2.28. The fourth-order valence-electron chi connectivity index (χ4n) is 2.02. The Morgan fingerprint density at radius 3 is 2.57 bits per heavy atom. The summed E-state index contributed by atoms with van der Waals surface area (Å²) in [5.74, 6) is 0. The highest BCUT2D eigenvalue weighted by atomic mass is 35.5. The molecule has 1 aliphatic heterocycles. The molecule has 0 unspecified atom stereocenters. The third-order valence-corrected chi connectivity index (χ3v) is 3.49. The molecule has 2 heterocycles. The van der Waals surface area contributed by atoms with Gasteiger partial charge < -0.3 is 15.0 Å². The average molecular weight is 332 g/mol. The van der Waals surface area contributed by atoms with Crippen LogP contribution in [0.2, 0.25) is 10.3 Å². The van der Waals surface area contributed by atoms with E-state index in [-0.39, 0.29) is 12.1 Å². The van der Waals surface area contributed by atoms with Gasteiger partial charge in [0.2, 0.25) is 0 Å². The van der Waals surface area contributed by atoms with Gasteiger partial charge in [-0.1, -0.05) is 23.2 Å². The second kappa shape index (κ2) is 5.89. The molecule has 0 aliphatic carbocycles. The van der Waals surface area contributed by atoms with Crippen LogP contribution in [0.15, 0.2) is 6.07 Å². The van der Waals surface area contributed by atoms with Crippen LogP contribution >= 0.6 is 23.2 Å². The lowest BCUT2D eigenvalue weighted by Gasteiger charge is -2.40. The SMILES string of the molecule is Cc1cc(Cl)nc(Cl)c1NC1CN(C(=O)OC(C)(C)C)C1. The molecule has 1 aliphatic rings. The zero-order valence-electron chi connectivity index (χ0n) is 12.5. The number of nitrogens with zero attached hydrogens (tertiary/aromatic N) is 2. The molecule has 1 fully saturated rings. The minimum atomic E-state index is -0.477. The van der Waals surface area contributed by atoms with Crippen molar-refractivity contribution in [3.63, 3.8) is 0 Å². The van der Waals surface area contributed by atoms with Gasteiger partial charge in [-0.2, -0.15) is 0 Å². The van der Waals surface area contributed by atoms with E-state index in [1.165, 1.54) is 0 Å². The molecule has 1 aromatic rings. The number of carbonyl (C=O) groups excluding carboxylic acids is 1. The number of aromatic nitrogens is 1. The van der Waals surface area contributed by atoms with Crippen molar-refractivity contribution in [1.29, 1.82) is 0 Å². The van der Waals surface area contributed by atoms with Crippen molar-refractivity contribution < 1.29 is 9.53 Å². The molecular formula is C14H19Cl2N3O2. The Kier molecular flexibility index (Phi) is 4.54. The van der Waals surface area contributed by atoms with Crippen LogP contribution in [0.25, 0.3) is 0 Å². The molecule has 1 N–H and O–H groups in total. The second-order valence-electron chi connectivity index (χ2n) is 6.15. The summed E-state index contributed by atoms with van der Waals surface area (Å²) in [6.45, 7) is 8.61. The van der Waals surface area contributed by atoms with Gasteiger partial charge in [-0.3, -0.25) is 0 Å². The predicted molar refractivity (Wildman–Crippen MR) is 84.2 cm³/mol. The Labute approximate surface area is 134 Å². The van der Waals surface area contributed by atoms with E-state index < -0.39 is 5.60 Å². The van der Waals surface area contributed by atoms with Gasteiger partial charge in [0.05, 0.1) is 11.7 Å². The molecule has 0 saturated carbocycles. The molecule has 7 heteroatoms. The molecule has 5 nitrogen and oxygen atoms in total. The molecule has 0 atom stereocenters. The van der Waals surface area contributed by atoms with Crippen LogP contribution in [0.1, 0.15) is 26.3 Å². The smallest absolute Gasteiger partial charge is 0.410 e. The molecule has 0 bridgehead atoms. The molecule has 2 rings (SSSR count). The Balaban J connectivity index is 1.90. The topological polar surface area (TPSA) is 54.5 Å². The summed E-state index contributed by atoms with van der Waals surface area (Å²) in [6, 6.07) is 1.89. The highest BCUT2D eigenvalue weighted by Gasteiger charge is 2.34. The molecule has 1 aromatic heterocycles. The van der Waals surface area contributed by atoms with Gasteiger partial charge in [0.25, 0.3) is 0 Å². The first kappa shape index (κ1) is 16.2. The summed E-state index contributed by atoms with van der Waals surface area (Å²) in [6.07, 6.45) is -0.294. The zero-order chi connectivity index (χ0) is 15.8. The van der Waals surface area contributed by atoms with E-state index in [4.69, 9.17) is 27.9 Å². The second-order valence-corrected chi connectivity index (χ2v) is 6.90. The van der Waals surface area contributed by atoms with Gasteiger partial charge in [-0.25, -0.2) is 9.78 Å². The van der Waals surface area contributed by atoms with E-state index in [9.17, 15) is 4.79 Å². The first-order valence-corrected chi connectivity index (χ1v) is 7.48. The molecule has 1 amide bonds. The molecule has 21 heavy (non-hydrogen) atoms. The summed E-state index contributed by atoms with van der Waals surface area (Å²) >= 11 is 11.9. The number of likely N-dealkylation sites (tertiary alicyclic amines) is 1. The third kappa shape index (κ3) is 4.14. The van der Waals surface area contributed by atoms with E-state index in [1.54, 1.807) is 11.0 Å². The largest absolute Gasteiger partial charge is 0.444 e. The zero-order valence-corrected chi connectivity index (χ0v) is 14.0. The number of nitrogens with one attached hydrogen (secondary N) is 1. The van der Waals surface area contributed by atoms with Crippen LogP contribution in [0.3, 0.4) is 0 Å². The van der Waals surface area contributed by atoms with Crippen molar-refractivity contribution >= 4 is 35.0 Å². The van der Waals surface area contributed by atoms with Crippen LogP contribution in [-0.4, -0.2) is 40.7 Å². The maximum atomic E-state index is 11.8. The number of aryl methyl sites for hydroxylation is 1. The van der Waals surface area contributed by atoms with E-state index in [2.05, 4.69) is 10.3 Å². The Hall–Kier alpha value is -1.20. The summed E-state index contributed by atoms with van der Waals surface area (Å²) in [4.78, 5) is 17.5. The van der Waals surface area contributed by atoms with Crippen molar-refractivity contribution in [2.45, 2.75) is 39.3 Å². The van der Waals surface area contributed by atoms with Crippen molar-refractivity contribution in [1.82, 2.24) is 9.88 Å². The van der Waals surface area contributed by atoms with Crippen LogP contribution in [0, 0.1) is 6.92 Å². The predicted octanol–water partition coefficient (Wildman–Crippen LogP) is 3.73. The molecule has 0 aromatic carbocycles. The number of halogens is 2. The summed E-state index contributed by atoms with van der Waals surface area (Å²) in [7, 11) is 0. The number of anilines is 1. The van der Waals surface area contributed by atoms with Crippen LogP contribution in [0.4, 0.5) is 10.5 Å². The maximum Gasteiger partial charge on any atom is 0.410 e. The molecule has 116 valence electrons. The normalized spacial score (nSPS) is 15.6. The van der Waals surface area contributed by atoms with E-state index in [1.807, 2.05) is 27.7 Å². The van der Waals surface area contributed by atoms with Crippen molar-refractivity contribution in [3.05, 3.63) is 21.9 Å². The van der Waals surface area contributed by atoms with E-state index in [0.717, 1.165) is 11.3 Å². The van der Waals surface area contributed by atoms with Gasteiger partial charge in [-0.15, -0.1) is 0 Å². The number of rotatable bonds is 2. The number of hydrogen-bond acceptors (Lipinski definition) is 4. The van der Waals surface area contributed by atoms with Crippen molar-refractivity contribution in [2.24, 2.45) is 0 Å². The molecule has 0 radical (unpaired) electrons. The molecular weight excluding hydrogens is 313 g/mol. The summed E-state index contributed by atoms with van der Waals surface area (Å²) in [5.41, 5.74) is 1.21. The number of carbonyl (C=O) groups is 1. The minimum Gasteiger partial charge on any atom is -0.444 e. The Bertz CT molecular complexity index is 529. The lowest BCUT2D eigenvalue weighted by atomic mass is 10.1. The summed E-state index contributed by atoms with van der Waals surface area (Å²) < 4.78 is 5.31. The van der Waals surface area contributed by atoms with E-state index >= 15 is 0 Å². The number of ether oxygens (including phenoxy) is 1. The van der Waals surface area contributed by atoms with Crippen molar-refractivity contribution in [3.8, 4) is 0 Å². The standard InChI is InChI=1S/C14H19Cl2N3O2/c1-8-5-10(15)18-12(16)11(8)17-9-6-19(7-9)13(20)21-14(2,3)4/h5,9,17H,6-7H2,1-4H3. The monoisotopic (exact) mass is 331 g/mol. The lowest BCUT2D eigenvalue weighted by molar-refractivity contribution is 0.0105. The molecule has 0 spiro atoms. The van der Waals surface area contributed by atoms with Gasteiger partial charge in [-0.05, 0) is 39.3 Å². The fraction of sp³-hybridized carbons (Fsp3) is 0.571. The number of amides is 1. The number of hydrogen-bond donors (Lipinski definition) is 1. The molecule has 1 saturated heterocycles. The highest BCUT2D eigenvalue weighted by molar-refractivity contribution is 6.34. The van der Waals surface area contributed by atoms with Crippen LogP contribution < -0.4 is 5.32 Å². The average Bonchev–Trinajstić information content (AvgIpc) is 2.21. The number of pyridine rings is 1. The Morgan fingerprint density at radius 1 is 1.43 bits per heavy atom. The van der Waals surface area contributed by atoms with Crippen molar-refractivity contribution in [2.75, 3.05) is 18.4 Å². The minimum absolute atomic E-state index is 0.136.